The van der Waals surface area contributed by atoms with Crippen molar-refractivity contribution in [2.45, 2.75) is 20.3 Å². The molecule has 0 saturated carbocycles. The molecule has 0 aromatic rings. The Bertz CT molecular complexity index is 187. The quantitative estimate of drug-likeness (QED) is 0.673. The van der Waals surface area contributed by atoms with Gasteiger partial charge in [-0.1, -0.05) is 13.8 Å². The highest BCUT2D eigenvalue weighted by Crippen LogP contribution is 1.90. The Morgan fingerprint density at radius 1 is 0.500 bits per heavy atom. The molecule has 0 bridgehead atoms. The summed E-state index contributed by atoms with van der Waals surface area (Å²) in [6, 6.07) is 0. The number of nitrogens with zero attached hydrogens (tertiary/aromatic N) is 1. The smallest absolute Gasteiger partial charge is 0.0701 e. The second kappa shape index (κ2) is 18.8. The van der Waals surface area contributed by atoms with Crippen LogP contribution in [-0.4, -0.2) is 91.1 Å². The predicted molar refractivity (Wildman–Crippen MR) is 87.6 cm³/mol. The molecule has 1 heterocycles. The van der Waals surface area contributed by atoms with Crippen molar-refractivity contribution in [3.05, 3.63) is 0 Å². The average Bonchev–Trinajstić information content (AvgIpc) is 2.55. The maximum absolute atomic E-state index is 5.51. The Kier molecular flexibility index (Phi) is 18.6. The third-order valence-corrected chi connectivity index (χ3v) is 2.93. The van der Waals surface area contributed by atoms with Crippen LogP contribution in [0.5, 0.6) is 0 Å². The molecule has 0 aromatic carbocycles. The highest BCUT2D eigenvalue weighted by Gasteiger charge is 1.99. The van der Waals surface area contributed by atoms with E-state index in [2.05, 4.69) is 11.9 Å². The molecule has 134 valence electrons. The molecule has 0 aliphatic carbocycles. The third-order valence-electron chi connectivity index (χ3n) is 2.93. The first-order valence-corrected chi connectivity index (χ1v) is 8.47. The Hall–Kier alpha value is -0.240. The van der Waals surface area contributed by atoms with Crippen molar-refractivity contribution in [3.8, 4) is 0 Å². The maximum atomic E-state index is 5.51. The first-order valence-electron chi connectivity index (χ1n) is 8.47. The topological polar surface area (TPSA) is 49.4 Å². The second-order valence-electron chi connectivity index (χ2n) is 4.72. The predicted octanol–water partition coefficient (Wildman–Crippen LogP) is 1.43. The van der Waals surface area contributed by atoms with Crippen molar-refractivity contribution in [3.63, 3.8) is 0 Å². The minimum Gasteiger partial charge on any atom is -0.379 e. The van der Waals surface area contributed by atoms with E-state index in [4.69, 9.17) is 23.7 Å². The molecule has 0 aromatic heterocycles. The molecule has 6 heteroatoms. The van der Waals surface area contributed by atoms with E-state index in [9.17, 15) is 0 Å². The first kappa shape index (κ1) is 21.8. The summed E-state index contributed by atoms with van der Waals surface area (Å²) in [5.41, 5.74) is 0. The van der Waals surface area contributed by atoms with E-state index in [1.807, 2.05) is 13.8 Å². The molecule has 1 aliphatic heterocycles. The first-order chi connectivity index (χ1) is 10.9. The van der Waals surface area contributed by atoms with E-state index in [1.54, 1.807) is 0 Å². The lowest BCUT2D eigenvalue weighted by molar-refractivity contribution is 0.00743. The van der Waals surface area contributed by atoms with E-state index < -0.39 is 0 Å². The van der Waals surface area contributed by atoms with Gasteiger partial charge in [-0.15, -0.1) is 0 Å². The van der Waals surface area contributed by atoms with Crippen LogP contribution in [0, 0.1) is 0 Å². The lowest BCUT2D eigenvalue weighted by Crippen LogP contribution is -2.27. The van der Waals surface area contributed by atoms with Gasteiger partial charge in [0, 0.05) is 26.3 Å². The fourth-order valence-electron chi connectivity index (χ4n) is 1.68. The van der Waals surface area contributed by atoms with Crippen LogP contribution in [0.15, 0.2) is 0 Å². The molecule has 0 amide bonds. The summed E-state index contributed by atoms with van der Waals surface area (Å²) in [6.45, 7) is 12.5. The van der Waals surface area contributed by atoms with E-state index >= 15 is 0 Å². The van der Waals surface area contributed by atoms with Gasteiger partial charge in [0.2, 0.25) is 0 Å². The van der Waals surface area contributed by atoms with Crippen LogP contribution in [0.2, 0.25) is 0 Å². The van der Waals surface area contributed by atoms with Gasteiger partial charge >= 0.3 is 0 Å². The molecule has 1 rings (SSSR count). The summed E-state index contributed by atoms with van der Waals surface area (Å²) in [4.78, 5) is 2.20. The number of hydrogen-bond acceptors (Lipinski definition) is 6. The Labute approximate surface area is 136 Å². The summed E-state index contributed by atoms with van der Waals surface area (Å²) in [6.07, 6.45) is 0.909. The van der Waals surface area contributed by atoms with Gasteiger partial charge in [0.05, 0.1) is 52.9 Å². The van der Waals surface area contributed by atoms with Crippen LogP contribution < -0.4 is 0 Å². The molecule has 0 atom stereocenters. The third kappa shape index (κ3) is 16.1. The van der Waals surface area contributed by atoms with Crippen LogP contribution >= 0.6 is 0 Å². The molecular formula is C16H35NO5. The zero-order valence-corrected chi connectivity index (χ0v) is 14.7. The highest BCUT2D eigenvalue weighted by atomic mass is 16.5. The zero-order valence-electron chi connectivity index (χ0n) is 14.7. The van der Waals surface area contributed by atoms with Gasteiger partial charge < -0.3 is 28.6 Å². The van der Waals surface area contributed by atoms with Gasteiger partial charge in [-0.2, -0.15) is 0 Å². The molecular weight excluding hydrogens is 286 g/mol. The molecule has 1 fully saturated rings. The SMILES string of the molecule is CC.CN1CCOCCOCCCOCCOCCOCC1. The lowest BCUT2D eigenvalue weighted by Gasteiger charge is -2.16. The van der Waals surface area contributed by atoms with E-state index in [0.29, 0.717) is 46.2 Å². The monoisotopic (exact) mass is 321 g/mol. The zero-order chi connectivity index (χ0) is 16.3. The number of ether oxygens (including phenoxy) is 5. The maximum Gasteiger partial charge on any atom is 0.0701 e. The fourth-order valence-corrected chi connectivity index (χ4v) is 1.68. The number of rotatable bonds is 0. The molecule has 6 nitrogen and oxygen atoms in total. The normalized spacial score (nSPS) is 22.5. The molecule has 1 saturated heterocycles. The van der Waals surface area contributed by atoms with E-state index in [-0.39, 0.29) is 0 Å². The van der Waals surface area contributed by atoms with Crippen LogP contribution in [0.3, 0.4) is 0 Å². The molecule has 0 N–H and O–H groups in total. The standard InChI is InChI=1S/C14H29NO5.C2H6/c1-15-3-7-18-11-9-16-5-2-6-17-10-13-20-14-12-19-8-4-15;1-2/h2-14H2,1H3;1-2H3. The molecule has 0 spiro atoms. The van der Waals surface area contributed by atoms with Gasteiger partial charge in [0.15, 0.2) is 0 Å². The Balaban J connectivity index is 0.00000211. The molecule has 22 heavy (non-hydrogen) atoms. The van der Waals surface area contributed by atoms with Gasteiger partial charge in [-0.05, 0) is 13.5 Å². The minimum atomic E-state index is 0.623. The summed E-state index contributed by atoms with van der Waals surface area (Å²) in [5.74, 6) is 0. The van der Waals surface area contributed by atoms with Crippen LogP contribution in [-0.2, 0) is 23.7 Å². The number of likely N-dealkylation sites (N-methyl/N-ethyl adjacent to an activating group) is 1. The minimum absolute atomic E-state index is 0.623. The van der Waals surface area contributed by atoms with E-state index in [0.717, 1.165) is 39.3 Å². The summed E-state index contributed by atoms with van der Waals surface area (Å²) >= 11 is 0. The van der Waals surface area contributed by atoms with Crippen molar-refractivity contribution in [1.82, 2.24) is 4.90 Å². The number of hydrogen-bond donors (Lipinski definition) is 0. The highest BCUT2D eigenvalue weighted by molar-refractivity contribution is 4.49. The van der Waals surface area contributed by atoms with E-state index in [1.165, 1.54) is 0 Å². The van der Waals surface area contributed by atoms with Crippen molar-refractivity contribution >= 4 is 0 Å². The molecule has 1 aliphatic rings. The summed E-state index contributed by atoms with van der Waals surface area (Å²) in [5, 5.41) is 0. The van der Waals surface area contributed by atoms with Gasteiger partial charge in [-0.25, -0.2) is 0 Å². The van der Waals surface area contributed by atoms with Gasteiger partial charge in [0.1, 0.15) is 0 Å². The molecule has 0 radical (unpaired) electrons. The molecule has 0 unspecified atom stereocenters. The van der Waals surface area contributed by atoms with Gasteiger partial charge in [-0.3, -0.25) is 0 Å². The summed E-state index contributed by atoms with van der Waals surface area (Å²) < 4.78 is 27.3. The summed E-state index contributed by atoms with van der Waals surface area (Å²) in [7, 11) is 2.07. The largest absolute Gasteiger partial charge is 0.379 e. The van der Waals surface area contributed by atoms with Crippen molar-refractivity contribution in [2.75, 3.05) is 86.2 Å². The second-order valence-corrected chi connectivity index (χ2v) is 4.72. The van der Waals surface area contributed by atoms with Crippen molar-refractivity contribution in [1.29, 1.82) is 0 Å². The average molecular weight is 321 g/mol. The van der Waals surface area contributed by atoms with Crippen LogP contribution in [0.1, 0.15) is 20.3 Å². The lowest BCUT2D eigenvalue weighted by atomic mass is 10.5. The van der Waals surface area contributed by atoms with Crippen LogP contribution in [0.4, 0.5) is 0 Å². The van der Waals surface area contributed by atoms with Crippen molar-refractivity contribution < 1.29 is 23.7 Å². The van der Waals surface area contributed by atoms with Gasteiger partial charge in [0.25, 0.3) is 0 Å². The Morgan fingerprint density at radius 3 is 1.23 bits per heavy atom. The fraction of sp³-hybridized carbons (Fsp3) is 1.00. The van der Waals surface area contributed by atoms with Crippen LogP contribution in [0.25, 0.3) is 0 Å². The van der Waals surface area contributed by atoms with Crippen molar-refractivity contribution in [2.24, 2.45) is 0 Å². The Morgan fingerprint density at radius 2 is 0.818 bits per heavy atom.